The van der Waals surface area contributed by atoms with Gasteiger partial charge in [0.05, 0.1) is 12.6 Å². The maximum atomic E-state index is 12.8. The molecule has 162 valence electrons. The van der Waals surface area contributed by atoms with Crippen LogP contribution in [-0.4, -0.2) is 64.0 Å². The number of aliphatic hydroxyl groups is 1. The van der Waals surface area contributed by atoms with Crippen LogP contribution < -0.4 is 0 Å². The summed E-state index contributed by atoms with van der Waals surface area (Å²) in [5.41, 5.74) is 3.45. The van der Waals surface area contributed by atoms with E-state index in [9.17, 15) is 14.7 Å². The van der Waals surface area contributed by atoms with Gasteiger partial charge in [0.25, 0.3) is 0 Å². The zero-order valence-corrected chi connectivity index (χ0v) is 17.7. The molecule has 1 aliphatic rings. The molecule has 2 amide bonds. The molecule has 0 saturated carbocycles. The zero-order chi connectivity index (χ0) is 21.6. The second-order valence-electron chi connectivity index (χ2n) is 8.22. The van der Waals surface area contributed by atoms with Crippen LogP contribution in [-0.2, 0) is 22.4 Å². The van der Waals surface area contributed by atoms with Crippen LogP contribution in [0, 0.1) is 0 Å². The fraction of sp³-hybridized carbons (Fsp3) is 0.360. The molecule has 1 atom stereocenters. The number of aromatic amines is 1. The van der Waals surface area contributed by atoms with Gasteiger partial charge in [-0.1, -0.05) is 48.5 Å². The number of amides is 2. The minimum atomic E-state index is -0.722. The van der Waals surface area contributed by atoms with E-state index in [0.29, 0.717) is 19.4 Å². The lowest BCUT2D eigenvalue weighted by Crippen LogP contribution is -2.40. The topological polar surface area (TPSA) is 76.6 Å². The molecule has 0 bridgehead atoms. The summed E-state index contributed by atoms with van der Waals surface area (Å²) in [6.45, 7) is 1.06. The van der Waals surface area contributed by atoms with Crippen LogP contribution in [0.5, 0.6) is 0 Å². The van der Waals surface area contributed by atoms with E-state index < -0.39 is 6.10 Å². The third-order valence-corrected chi connectivity index (χ3v) is 5.92. The van der Waals surface area contributed by atoms with Gasteiger partial charge < -0.3 is 19.9 Å². The first-order valence-electron chi connectivity index (χ1n) is 10.9. The van der Waals surface area contributed by atoms with Crippen molar-refractivity contribution in [3.8, 4) is 0 Å². The highest BCUT2D eigenvalue weighted by Gasteiger charge is 2.28. The van der Waals surface area contributed by atoms with E-state index in [1.165, 1.54) is 15.8 Å². The molecule has 2 aromatic carbocycles. The van der Waals surface area contributed by atoms with Crippen molar-refractivity contribution in [1.29, 1.82) is 0 Å². The molecule has 0 radical (unpaired) electrons. The van der Waals surface area contributed by atoms with Crippen LogP contribution in [0.3, 0.4) is 0 Å². The number of rotatable bonds is 7. The Balaban J connectivity index is 1.29. The van der Waals surface area contributed by atoms with Crippen molar-refractivity contribution in [2.24, 2.45) is 0 Å². The van der Waals surface area contributed by atoms with Crippen LogP contribution in [0.25, 0.3) is 10.9 Å². The van der Waals surface area contributed by atoms with E-state index in [-0.39, 0.29) is 31.4 Å². The van der Waals surface area contributed by atoms with Crippen molar-refractivity contribution < 1.29 is 14.7 Å². The van der Waals surface area contributed by atoms with Crippen LogP contribution >= 0.6 is 0 Å². The van der Waals surface area contributed by atoms with Crippen molar-refractivity contribution >= 4 is 22.7 Å². The van der Waals surface area contributed by atoms with Gasteiger partial charge in [0.2, 0.25) is 11.8 Å². The lowest BCUT2D eigenvalue weighted by atomic mass is 10.1. The normalized spacial score (nSPS) is 17.2. The Kier molecular flexibility index (Phi) is 6.67. The van der Waals surface area contributed by atoms with E-state index in [2.05, 4.69) is 11.1 Å². The number of nitrogens with one attached hydrogen (secondary N) is 1. The lowest BCUT2D eigenvalue weighted by molar-refractivity contribution is -0.138. The SMILES string of the molecule is O=C1CN(C(=O)CCCc2c[nH]c3ccccc23)CC(O)CN1CCc1ccccc1. The van der Waals surface area contributed by atoms with E-state index >= 15 is 0 Å². The number of H-pyrrole nitrogens is 1. The summed E-state index contributed by atoms with van der Waals surface area (Å²) < 4.78 is 0. The van der Waals surface area contributed by atoms with Gasteiger partial charge in [-0.15, -0.1) is 0 Å². The first-order valence-corrected chi connectivity index (χ1v) is 10.9. The molecule has 1 saturated heterocycles. The van der Waals surface area contributed by atoms with Gasteiger partial charge in [0.1, 0.15) is 0 Å². The molecule has 1 fully saturated rings. The number of carbonyl (C=O) groups excluding carboxylic acids is 2. The highest BCUT2D eigenvalue weighted by atomic mass is 16.3. The number of hydrogen-bond donors (Lipinski definition) is 2. The number of aryl methyl sites for hydroxylation is 1. The van der Waals surface area contributed by atoms with Crippen molar-refractivity contribution in [2.75, 3.05) is 26.2 Å². The summed E-state index contributed by atoms with van der Waals surface area (Å²) in [6, 6.07) is 18.1. The first-order chi connectivity index (χ1) is 15.1. The summed E-state index contributed by atoms with van der Waals surface area (Å²) in [4.78, 5) is 31.9. The smallest absolute Gasteiger partial charge is 0.242 e. The molecule has 0 spiro atoms. The van der Waals surface area contributed by atoms with Gasteiger partial charge in [-0.2, -0.15) is 0 Å². The average Bonchev–Trinajstić information content (AvgIpc) is 3.13. The zero-order valence-electron chi connectivity index (χ0n) is 17.7. The molecule has 4 rings (SSSR count). The first kappa shape index (κ1) is 21.1. The molecule has 31 heavy (non-hydrogen) atoms. The van der Waals surface area contributed by atoms with Crippen LogP contribution in [0.15, 0.2) is 60.8 Å². The fourth-order valence-electron chi connectivity index (χ4n) is 4.24. The standard InChI is InChI=1S/C25H29N3O3/c29-21-16-27(14-13-19-7-2-1-3-8-19)25(31)18-28(17-21)24(30)12-6-9-20-15-26-23-11-5-4-10-22(20)23/h1-5,7-8,10-11,15,21,26,29H,6,9,12-14,16-18H2. The van der Waals surface area contributed by atoms with Crippen LogP contribution in [0.4, 0.5) is 0 Å². The Morgan fingerprint density at radius 3 is 2.65 bits per heavy atom. The monoisotopic (exact) mass is 419 g/mol. The van der Waals surface area contributed by atoms with Crippen LogP contribution in [0.2, 0.25) is 0 Å². The van der Waals surface area contributed by atoms with E-state index in [0.717, 1.165) is 23.9 Å². The highest BCUT2D eigenvalue weighted by Crippen LogP contribution is 2.20. The predicted molar refractivity (Wildman–Crippen MR) is 121 cm³/mol. The minimum absolute atomic E-state index is 0.0395. The van der Waals surface area contributed by atoms with Crippen molar-refractivity contribution in [1.82, 2.24) is 14.8 Å². The molecule has 2 heterocycles. The fourth-order valence-corrected chi connectivity index (χ4v) is 4.24. The van der Waals surface area contributed by atoms with Crippen molar-refractivity contribution in [2.45, 2.75) is 31.8 Å². The minimum Gasteiger partial charge on any atom is -0.389 e. The van der Waals surface area contributed by atoms with Gasteiger partial charge in [-0.3, -0.25) is 9.59 Å². The number of nitrogens with zero attached hydrogens (tertiary/aromatic N) is 2. The quantitative estimate of drug-likeness (QED) is 0.618. The Labute approximate surface area is 182 Å². The number of benzene rings is 2. The van der Waals surface area contributed by atoms with Gasteiger partial charge >= 0.3 is 0 Å². The Morgan fingerprint density at radius 1 is 1.03 bits per heavy atom. The van der Waals surface area contributed by atoms with Gasteiger partial charge in [-0.25, -0.2) is 0 Å². The lowest BCUT2D eigenvalue weighted by Gasteiger charge is -2.22. The second kappa shape index (κ2) is 9.79. The van der Waals surface area contributed by atoms with E-state index in [1.54, 1.807) is 4.90 Å². The molecule has 0 aliphatic carbocycles. The second-order valence-corrected chi connectivity index (χ2v) is 8.22. The maximum Gasteiger partial charge on any atom is 0.242 e. The Morgan fingerprint density at radius 2 is 1.81 bits per heavy atom. The van der Waals surface area contributed by atoms with Gasteiger partial charge in [-0.05, 0) is 36.5 Å². The molecule has 1 unspecified atom stereocenters. The largest absolute Gasteiger partial charge is 0.389 e. The molecule has 3 aromatic rings. The summed E-state index contributed by atoms with van der Waals surface area (Å²) in [6.07, 6.45) is 3.88. The third-order valence-electron chi connectivity index (χ3n) is 5.92. The average molecular weight is 420 g/mol. The summed E-state index contributed by atoms with van der Waals surface area (Å²) in [5.74, 6) is -0.172. The maximum absolute atomic E-state index is 12.8. The molecule has 1 aromatic heterocycles. The number of carbonyl (C=O) groups is 2. The molecular formula is C25H29N3O3. The number of aliphatic hydroxyl groups excluding tert-OH is 1. The number of fused-ring (bicyclic) bond motifs is 1. The number of β-amino-alcohol motifs (C(OH)–C–C–N with tert-alkyl or cyclic N) is 1. The number of hydrogen-bond acceptors (Lipinski definition) is 3. The van der Waals surface area contributed by atoms with E-state index in [1.807, 2.05) is 54.7 Å². The highest BCUT2D eigenvalue weighted by molar-refractivity contribution is 5.86. The molecule has 2 N–H and O–H groups in total. The third kappa shape index (κ3) is 5.33. The van der Waals surface area contributed by atoms with Crippen LogP contribution in [0.1, 0.15) is 24.0 Å². The Hall–Kier alpha value is -3.12. The molecular weight excluding hydrogens is 390 g/mol. The van der Waals surface area contributed by atoms with Gasteiger partial charge in [0, 0.05) is 43.2 Å². The predicted octanol–water partition coefficient (Wildman–Crippen LogP) is 2.77. The van der Waals surface area contributed by atoms with Gasteiger partial charge in [0.15, 0.2) is 0 Å². The Bertz CT molecular complexity index is 1030. The van der Waals surface area contributed by atoms with Crippen molar-refractivity contribution in [3.05, 3.63) is 71.9 Å². The summed E-state index contributed by atoms with van der Waals surface area (Å²) >= 11 is 0. The number of para-hydroxylation sites is 1. The summed E-state index contributed by atoms with van der Waals surface area (Å²) in [5, 5.41) is 11.6. The number of aromatic nitrogens is 1. The molecule has 1 aliphatic heterocycles. The molecule has 6 nitrogen and oxygen atoms in total. The molecule has 6 heteroatoms. The van der Waals surface area contributed by atoms with E-state index in [4.69, 9.17) is 0 Å². The van der Waals surface area contributed by atoms with Crippen molar-refractivity contribution in [3.63, 3.8) is 0 Å². The summed E-state index contributed by atoms with van der Waals surface area (Å²) in [7, 11) is 0.